The third-order valence-electron chi connectivity index (χ3n) is 8.69. The van der Waals surface area contributed by atoms with Crippen molar-refractivity contribution in [1.82, 2.24) is 0 Å². The molecule has 4 aromatic carbocycles. The highest BCUT2D eigenvalue weighted by Crippen LogP contribution is 2.48. The number of hydrogen-bond donors (Lipinski definition) is 1. The summed E-state index contributed by atoms with van der Waals surface area (Å²) in [6, 6.07) is 31.0. The minimum absolute atomic E-state index is 0.00307. The van der Waals surface area contributed by atoms with Crippen LogP contribution in [0.2, 0.25) is 0 Å². The summed E-state index contributed by atoms with van der Waals surface area (Å²) in [7, 11) is 3.86. The van der Waals surface area contributed by atoms with Crippen LogP contribution in [0.1, 0.15) is 48.4 Å². The Kier molecular flexibility index (Phi) is 6.78. The van der Waals surface area contributed by atoms with Gasteiger partial charge in [-0.05, 0) is 51.9 Å². The Bertz CT molecular complexity index is 1590. The third kappa shape index (κ3) is 4.63. The molecule has 1 unspecified atom stereocenters. The van der Waals surface area contributed by atoms with E-state index in [4.69, 9.17) is 4.74 Å². The number of rotatable bonds is 5. The quantitative estimate of drug-likeness (QED) is 0.289. The van der Waals surface area contributed by atoms with Crippen molar-refractivity contribution >= 4 is 29.1 Å². The summed E-state index contributed by atoms with van der Waals surface area (Å²) in [5, 5.41) is 3.04. The smallest absolute Gasteiger partial charge is 0.411 e. The van der Waals surface area contributed by atoms with Crippen molar-refractivity contribution in [1.29, 1.82) is 0 Å². The van der Waals surface area contributed by atoms with Crippen LogP contribution in [0.25, 0.3) is 11.1 Å². The molecule has 2 aliphatic rings. The number of nitrogens with one attached hydrogen (secondary N) is 1. The Balaban J connectivity index is 1.32. The summed E-state index contributed by atoms with van der Waals surface area (Å²) in [5.41, 5.74) is 8.91. The second-order valence-electron chi connectivity index (χ2n) is 11.4. The molecule has 0 radical (unpaired) electrons. The molecule has 6 heteroatoms. The highest BCUT2D eigenvalue weighted by atomic mass is 16.5. The Hall–Kier alpha value is -4.58. The number of hydrogen-bond acceptors (Lipinski definition) is 4. The van der Waals surface area contributed by atoms with Gasteiger partial charge >= 0.3 is 6.09 Å². The van der Waals surface area contributed by atoms with E-state index >= 15 is 0 Å². The summed E-state index contributed by atoms with van der Waals surface area (Å²) in [6.07, 6.45) is 0.269. The van der Waals surface area contributed by atoms with Crippen LogP contribution in [0.5, 0.6) is 0 Å². The molecule has 1 aliphatic carbocycles. The number of fused-ring (bicyclic) bond motifs is 4. The van der Waals surface area contributed by atoms with Gasteiger partial charge in [0.25, 0.3) is 0 Å². The van der Waals surface area contributed by atoms with Gasteiger partial charge in [-0.1, -0.05) is 85.8 Å². The van der Waals surface area contributed by atoms with Gasteiger partial charge in [0.2, 0.25) is 5.91 Å². The Morgan fingerprint density at radius 3 is 2.15 bits per heavy atom. The zero-order valence-electron chi connectivity index (χ0n) is 24.0. The molecule has 4 aromatic rings. The van der Waals surface area contributed by atoms with Gasteiger partial charge in [0.1, 0.15) is 6.61 Å². The van der Waals surface area contributed by atoms with Gasteiger partial charge in [-0.15, -0.1) is 0 Å². The van der Waals surface area contributed by atoms with Crippen molar-refractivity contribution in [2.24, 2.45) is 0 Å². The maximum absolute atomic E-state index is 13.3. The summed E-state index contributed by atoms with van der Waals surface area (Å²) >= 11 is 0. The lowest BCUT2D eigenvalue weighted by molar-refractivity contribution is -0.116. The standard InChI is InChI=1S/C35H35N3O3/c1-23(39)38-19-18-35(2,24-12-6-5-7-13-24)30-20-31(33(37(3)4)21-32(30)38)36-34(40)41-22-29-27-16-10-8-14-25(27)26-15-9-11-17-28(26)29/h5-17,20-21,29H,18-19,22H2,1-4H3,(H,36,40). The minimum Gasteiger partial charge on any atom is -0.448 e. The minimum atomic E-state index is -0.504. The topological polar surface area (TPSA) is 61.9 Å². The fourth-order valence-electron chi connectivity index (χ4n) is 6.48. The predicted octanol–water partition coefficient (Wildman–Crippen LogP) is 7.18. The monoisotopic (exact) mass is 545 g/mol. The number of carbonyl (C=O) groups is 2. The van der Waals surface area contributed by atoms with E-state index in [0.29, 0.717) is 12.2 Å². The molecule has 1 aliphatic heterocycles. The second-order valence-corrected chi connectivity index (χ2v) is 11.4. The van der Waals surface area contributed by atoms with Gasteiger partial charge in [-0.2, -0.15) is 0 Å². The molecule has 208 valence electrons. The average Bonchev–Trinajstić information content (AvgIpc) is 3.30. The second kappa shape index (κ2) is 10.4. The normalized spacial score (nSPS) is 17.3. The van der Waals surface area contributed by atoms with Crippen LogP contribution < -0.4 is 15.1 Å². The molecule has 0 aromatic heterocycles. The lowest BCUT2D eigenvalue weighted by atomic mass is 9.70. The van der Waals surface area contributed by atoms with Gasteiger partial charge in [0, 0.05) is 44.6 Å². The number of carbonyl (C=O) groups excluding carboxylic acids is 2. The van der Waals surface area contributed by atoms with Crippen LogP contribution in [0.15, 0.2) is 91.0 Å². The van der Waals surface area contributed by atoms with Gasteiger partial charge in [0.05, 0.1) is 11.4 Å². The van der Waals surface area contributed by atoms with E-state index in [-0.39, 0.29) is 23.8 Å². The van der Waals surface area contributed by atoms with Crippen molar-refractivity contribution in [3.63, 3.8) is 0 Å². The summed E-state index contributed by atoms with van der Waals surface area (Å²) in [4.78, 5) is 29.8. The first-order chi connectivity index (χ1) is 19.8. The van der Waals surface area contributed by atoms with Crippen LogP contribution in [-0.4, -0.2) is 39.2 Å². The van der Waals surface area contributed by atoms with Crippen LogP contribution in [0.3, 0.4) is 0 Å². The molecule has 1 atom stereocenters. The van der Waals surface area contributed by atoms with Crippen molar-refractivity contribution in [2.45, 2.75) is 31.6 Å². The van der Waals surface area contributed by atoms with Gasteiger partial charge < -0.3 is 14.5 Å². The van der Waals surface area contributed by atoms with Crippen molar-refractivity contribution in [2.75, 3.05) is 42.4 Å². The number of nitrogens with zero attached hydrogens (tertiary/aromatic N) is 2. The first kappa shape index (κ1) is 26.6. The van der Waals surface area contributed by atoms with Crippen LogP contribution in [-0.2, 0) is 14.9 Å². The molecule has 0 saturated carbocycles. The van der Waals surface area contributed by atoms with Gasteiger partial charge in [0.15, 0.2) is 0 Å². The van der Waals surface area contributed by atoms with E-state index in [0.717, 1.165) is 23.4 Å². The number of anilines is 3. The third-order valence-corrected chi connectivity index (χ3v) is 8.69. The first-order valence-corrected chi connectivity index (χ1v) is 14.1. The SMILES string of the molecule is CC(=O)N1CCC(C)(c2ccccc2)c2cc(NC(=O)OCC3c4ccccc4-c4ccccc43)c(N(C)C)cc21. The number of amides is 2. The average molecular weight is 546 g/mol. The van der Waals surface area contributed by atoms with E-state index in [1.807, 2.05) is 78.5 Å². The molecular weight excluding hydrogens is 510 g/mol. The molecule has 6 nitrogen and oxygen atoms in total. The van der Waals surface area contributed by atoms with E-state index in [1.54, 1.807) is 6.92 Å². The largest absolute Gasteiger partial charge is 0.448 e. The molecule has 0 bridgehead atoms. The van der Waals surface area contributed by atoms with Crippen molar-refractivity contribution < 1.29 is 14.3 Å². The number of benzene rings is 4. The van der Waals surface area contributed by atoms with E-state index < -0.39 is 6.09 Å². The summed E-state index contributed by atoms with van der Waals surface area (Å²) in [6.45, 7) is 4.68. The Morgan fingerprint density at radius 1 is 0.927 bits per heavy atom. The van der Waals surface area contributed by atoms with E-state index in [2.05, 4.69) is 48.6 Å². The lowest BCUT2D eigenvalue weighted by Gasteiger charge is -2.42. The van der Waals surface area contributed by atoms with Crippen LogP contribution >= 0.6 is 0 Å². The van der Waals surface area contributed by atoms with E-state index in [9.17, 15) is 9.59 Å². The Morgan fingerprint density at radius 2 is 1.54 bits per heavy atom. The lowest BCUT2D eigenvalue weighted by Crippen LogP contribution is -2.42. The summed E-state index contributed by atoms with van der Waals surface area (Å²) < 4.78 is 5.89. The van der Waals surface area contributed by atoms with E-state index in [1.165, 1.54) is 27.8 Å². The molecule has 0 saturated heterocycles. The Labute approximate surface area is 241 Å². The van der Waals surface area contributed by atoms with Crippen molar-refractivity contribution in [3.05, 3.63) is 113 Å². The highest BCUT2D eigenvalue weighted by molar-refractivity contribution is 5.98. The molecular formula is C35H35N3O3. The zero-order chi connectivity index (χ0) is 28.7. The van der Waals surface area contributed by atoms with Crippen LogP contribution in [0, 0.1) is 0 Å². The van der Waals surface area contributed by atoms with Gasteiger partial charge in [-0.3, -0.25) is 10.1 Å². The maximum atomic E-state index is 13.3. The predicted molar refractivity (Wildman–Crippen MR) is 165 cm³/mol. The fourth-order valence-corrected chi connectivity index (χ4v) is 6.48. The first-order valence-electron chi connectivity index (χ1n) is 14.1. The van der Waals surface area contributed by atoms with Crippen molar-refractivity contribution in [3.8, 4) is 11.1 Å². The summed E-state index contributed by atoms with van der Waals surface area (Å²) in [5.74, 6) is -0.0150. The molecule has 41 heavy (non-hydrogen) atoms. The highest BCUT2D eigenvalue weighted by Gasteiger charge is 2.39. The van der Waals surface area contributed by atoms with Crippen LogP contribution in [0.4, 0.5) is 21.9 Å². The molecule has 6 rings (SSSR count). The number of ether oxygens (including phenoxy) is 1. The molecule has 0 spiro atoms. The zero-order valence-corrected chi connectivity index (χ0v) is 24.0. The molecule has 1 N–H and O–H groups in total. The fraction of sp³-hybridized carbons (Fsp3) is 0.257. The van der Waals surface area contributed by atoms with Gasteiger partial charge in [-0.25, -0.2) is 4.79 Å². The molecule has 1 heterocycles. The molecule has 2 amide bonds. The molecule has 0 fully saturated rings. The maximum Gasteiger partial charge on any atom is 0.411 e.